The van der Waals surface area contributed by atoms with E-state index in [0.29, 0.717) is 24.5 Å². The van der Waals surface area contributed by atoms with Crippen molar-refractivity contribution in [1.29, 1.82) is 5.26 Å². The van der Waals surface area contributed by atoms with Gasteiger partial charge in [0.1, 0.15) is 11.9 Å². The molecule has 1 aliphatic heterocycles. The lowest BCUT2D eigenvalue weighted by Crippen LogP contribution is -2.53. The molecule has 1 aliphatic rings. The van der Waals surface area contributed by atoms with Crippen LogP contribution in [0.1, 0.15) is 11.4 Å². The fraction of sp³-hybridized carbons (Fsp3) is 0.286. The van der Waals surface area contributed by atoms with E-state index in [4.69, 9.17) is 0 Å². The highest BCUT2D eigenvalue weighted by Gasteiger charge is 2.33. The number of nitrogens with zero attached hydrogens (tertiary/aromatic N) is 3. The lowest BCUT2D eigenvalue weighted by atomic mass is 9.97. The second-order valence-corrected chi connectivity index (χ2v) is 6.13. The normalized spacial score (nSPS) is 14.2. The molecule has 3 N–H and O–H groups in total. The minimum atomic E-state index is -0.400. The molecular formula is C14H13BrN6O2. The lowest BCUT2D eigenvalue weighted by molar-refractivity contribution is -0.125. The van der Waals surface area contributed by atoms with E-state index in [1.165, 1.54) is 0 Å². The summed E-state index contributed by atoms with van der Waals surface area (Å²) in [5.74, 6) is 0.149. The van der Waals surface area contributed by atoms with Crippen LogP contribution in [0, 0.1) is 17.2 Å². The standard InChI is InChI=1S/C14H13BrN6O2/c15-10-1-2-11(8(3-10)4-16)21-6-9(7-21)13(22)17-5-12-18-14(23)20-19-12/h1-3,9H,5-7H2,(H,17,22)(H2,18,19,20,23). The van der Waals surface area contributed by atoms with Crippen molar-refractivity contribution in [2.75, 3.05) is 18.0 Å². The Kier molecular flexibility index (Phi) is 4.16. The molecule has 0 unspecified atom stereocenters. The molecule has 0 saturated carbocycles. The van der Waals surface area contributed by atoms with Crippen LogP contribution in [0.2, 0.25) is 0 Å². The Morgan fingerprint density at radius 3 is 2.96 bits per heavy atom. The summed E-state index contributed by atoms with van der Waals surface area (Å²) in [4.78, 5) is 27.4. The van der Waals surface area contributed by atoms with Crippen LogP contribution >= 0.6 is 15.9 Å². The minimum absolute atomic E-state index is 0.0966. The number of aromatic nitrogens is 3. The van der Waals surface area contributed by atoms with Gasteiger partial charge >= 0.3 is 5.69 Å². The highest BCUT2D eigenvalue weighted by Crippen LogP contribution is 2.29. The summed E-state index contributed by atoms with van der Waals surface area (Å²) in [6, 6.07) is 7.66. The largest absolute Gasteiger partial charge is 0.369 e. The molecule has 0 radical (unpaired) electrons. The van der Waals surface area contributed by atoms with Crippen LogP contribution in [0.3, 0.4) is 0 Å². The maximum Gasteiger partial charge on any atom is 0.340 e. The molecule has 0 atom stereocenters. The SMILES string of the molecule is N#Cc1cc(Br)ccc1N1CC(C(=O)NCc2n[nH]c(=O)[nH]2)C1. The molecule has 0 spiro atoms. The smallest absolute Gasteiger partial charge is 0.340 e. The third-order valence-corrected chi connectivity index (χ3v) is 4.15. The maximum absolute atomic E-state index is 12.1. The van der Waals surface area contributed by atoms with Gasteiger partial charge in [-0.1, -0.05) is 15.9 Å². The number of anilines is 1. The first-order valence-electron chi connectivity index (χ1n) is 6.92. The number of H-pyrrole nitrogens is 2. The molecule has 1 aromatic heterocycles. The summed E-state index contributed by atoms with van der Waals surface area (Å²) in [5, 5.41) is 17.9. The van der Waals surface area contributed by atoms with Gasteiger partial charge in [0.15, 0.2) is 0 Å². The van der Waals surface area contributed by atoms with E-state index >= 15 is 0 Å². The molecule has 23 heavy (non-hydrogen) atoms. The number of nitrogens with one attached hydrogen (secondary N) is 3. The van der Waals surface area contributed by atoms with Crippen LogP contribution in [0.5, 0.6) is 0 Å². The highest BCUT2D eigenvalue weighted by atomic mass is 79.9. The van der Waals surface area contributed by atoms with Gasteiger partial charge in [-0.3, -0.25) is 9.78 Å². The quantitative estimate of drug-likeness (QED) is 0.717. The molecule has 9 heteroatoms. The summed E-state index contributed by atoms with van der Waals surface area (Å²) < 4.78 is 0.848. The Balaban J connectivity index is 1.55. The predicted molar refractivity (Wildman–Crippen MR) is 85.6 cm³/mol. The zero-order valence-corrected chi connectivity index (χ0v) is 13.6. The number of amides is 1. The number of carbonyl (C=O) groups is 1. The van der Waals surface area contributed by atoms with E-state index in [1.54, 1.807) is 6.07 Å². The van der Waals surface area contributed by atoms with Crippen molar-refractivity contribution >= 4 is 27.5 Å². The first kappa shape index (κ1) is 15.3. The average Bonchev–Trinajstić information content (AvgIpc) is 2.90. The number of hydrogen-bond donors (Lipinski definition) is 3. The molecule has 2 heterocycles. The van der Waals surface area contributed by atoms with E-state index in [9.17, 15) is 14.9 Å². The summed E-state index contributed by atoms with van der Waals surface area (Å²) in [7, 11) is 0. The van der Waals surface area contributed by atoms with Crippen LogP contribution in [-0.2, 0) is 11.3 Å². The second kappa shape index (κ2) is 6.26. The van der Waals surface area contributed by atoms with Crippen LogP contribution < -0.4 is 15.9 Å². The van der Waals surface area contributed by atoms with Gasteiger partial charge in [-0.2, -0.15) is 10.4 Å². The van der Waals surface area contributed by atoms with Gasteiger partial charge in [-0.05, 0) is 18.2 Å². The van der Waals surface area contributed by atoms with Crippen molar-refractivity contribution in [3.63, 3.8) is 0 Å². The maximum atomic E-state index is 12.1. The topological polar surface area (TPSA) is 118 Å². The van der Waals surface area contributed by atoms with E-state index < -0.39 is 5.69 Å². The Morgan fingerprint density at radius 2 is 2.30 bits per heavy atom. The van der Waals surface area contributed by atoms with Crippen LogP contribution in [0.4, 0.5) is 5.69 Å². The number of hydrogen-bond acceptors (Lipinski definition) is 5. The van der Waals surface area contributed by atoms with Crippen LogP contribution in [0.25, 0.3) is 0 Å². The Bertz CT molecular complexity index is 830. The van der Waals surface area contributed by atoms with E-state index in [-0.39, 0.29) is 18.4 Å². The number of rotatable bonds is 4. The van der Waals surface area contributed by atoms with Gasteiger partial charge in [0, 0.05) is 17.6 Å². The summed E-state index contributed by atoms with van der Waals surface area (Å²) in [6.45, 7) is 1.29. The number of carbonyl (C=O) groups excluding carboxylic acids is 1. The molecule has 1 amide bonds. The molecule has 118 valence electrons. The van der Waals surface area contributed by atoms with Gasteiger partial charge in [0.05, 0.1) is 23.7 Å². The van der Waals surface area contributed by atoms with Crippen molar-refractivity contribution in [3.8, 4) is 6.07 Å². The van der Waals surface area contributed by atoms with Crippen LogP contribution in [0.15, 0.2) is 27.5 Å². The number of nitriles is 1. The highest BCUT2D eigenvalue weighted by molar-refractivity contribution is 9.10. The van der Waals surface area contributed by atoms with Crippen molar-refractivity contribution in [2.45, 2.75) is 6.54 Å². The molecule has 1 fully saturated rings. The molecule has 1 aromatic carbocycles. The van der Waals surface area contributed by atoms with Gasteiger partial charge in [0.25, 0.3) is 0 Å². The van der Waals surface area contributed by atoms with E-state index in [0.717, 1.165) is 10.2 Å². The number of benzene rings is 1. The average molecular weight is 377 g/mol. The fourth-order valence-electron chi connectivity index (χ4n) is 2.42. The molecule has 1 saturated heterocycles. The van der Waals surface area contributed by atoms with Crippen LogP contribution in [-0.4, -0.2) is 34.2 Å². The Hall–Kier alpha value is -2.60. The number of halogens is 1. The minimum Gasteiger partial charge on any atom is -0.369 e. The zero-order valence-electron chi connectivity index (χ0n) is 12.0. The zero-order chi connectivity index (χ0) is 16.4. The Labute approximate surface area is 139 Å². The third kappa shape index (κ3) is 3.27. The monoisotopic (exact) mass is 376 g/mol. The first-order chi connectivity index (χ1) is 11.1. The van der Waals surface area contributed by atoms with Gasteiger partial charge in [-0.25, -0.2) is 9.89 Å². The van der Waals surface area contributed by atoms with Gasteiger partial charge in [-0.15, -0.1) is 0 Å². The van der Waals surface area contributed by atoms with Crippen molar-refractivity contribution in [2.24, 2.45) is 5.92 Å². The molecule has 8 nitrogen and oxygen atoms in total. The predicted octanol–water partition coefficient (Wildman–Crippen LogP) is 0.485. The van der Waals surface area contributed by atoms with Gasteiger partial charge in [0.2, 0.25) is 5.91 Å². The molecular weight excluding hydrogens is 364 g/mol. The van der Waals surface area contributed by atoms with E-state index in [1.807, 2.05) is 17.0 Å². The number of aromatic amines is 2. The van der Waals surface area contributed by atoms with Crippen molar-refractivity contribution < 1.29 is 4.79 Å². The van der Waals surface area contributed by atoms with Crippen molar-refractivity contribution in [3.05, 3.63) is 44.5 Å². The molecule has 3 rings (SSSR count). The second-order valence-electron chi connectivity index (χ2n) is 5.22. The first-order valence-corrected chi connectivity index (χ1v) is 7.72. The third-order valence-electron chi connectivity index (χ3n) is 3.65. The summed E-state index contributed by atoms with van der Waals surface area (Å²) >= 11 is 3.34. The summed E-state index contributed by atoms with van der Waals surface area (Å²) in [5.41, 5.74) is 1.01. The summed E-state index contributed by atoms with van der Waals surface area (Å²) in [6.07, 6.45) is 0. The Morgan fingerprint density at radius 1 is 1.52 bits per heavy atom. The van der Waals surface area contributed by atoms with Crippen molar-refractivity contribution in [1.82, 2.24) is 20.5 Å². The lowest BCUT2D eigenvalue weighted by Gasteiger charge is -2.40. The molecule has 2 aromatic rings. The molecule has 0 bridgehead atoms. The van der Waals surface area contributed by atoms with E-state index in [2.05, 4.69) is 42.5 Å². The van der Waals surface area contributed by atoms with Gasteiger partial charge < -0.3 is 10.2 Å². The fourth-order valence-corrected chi connectivity index (χ4v) is 2.78. The molecule has 0 aliphatic carbocycles.